The molecule has 100 valence electrons. The second kappa shape index (κ2) is 7.57. The van der Waals surface area contributed by atoms with Crippen molar-refractivity contribution in [2.45, 2.75) is 12.8 Å². The minimum atomic E-state index is -1.27. The van der Waals surface area contributed by atoms with Gasteiger partial charge < -0.3 is 19.9 Å². The summed E-state index contributed by atoms with van der Waals surface area (Å²) in [4.78, 5) is 28.3. The number of hydrogen-bond donors (Lipinski definition) is 2. The van der Waals surface area contributed by atoms with E-state index in [-0.39, 0.29) is 19.4 Å². The first-order valence-corrected chi connectivity index (χ1v) is 4.72. The van der Waals surface area contributed by atoms with E-state index in [0.717, 1.165) is 0 Å². The Bertz CT molecular complexity index is 240. The van der Waals surface area contributed by atoms with Crippen molar-refractivity contribution in [1.82, 2.24) is 0 Å². The minimum absolute atomic E-state index is 0.0989. The van der Waals surface area contributed by atoms with E-state index in [2.05, 4.69) is 9.68 Å². The summed E-state index contributed by atoms with van der Waals surface area (Å²) in [5, 5.41) is 35.8. The molecule has 0 aliphatic carbocycles. The number of aliphatic hydroxyl groups is 2. The van der Waals surface area contributed by atoms with Gasteiger partial charge in [0.2, 0.25) is 0 Å². The molecule has 0 rings (SSSR count). The van der Waals surface area contributed by atoms with Crippen molar-refractivity contribution in [1.29, 1.82) is 0 Å². The zero-order valence-corrected chi connectivity index (χ0v) is 8.98. The molecule has 0 radical (unpaired) electrons. The van der Waals surface area contributed by atoms with Crippen LogP contribution in [0, 0.1) is 25.6 Å². The predicted molar refractivity (Wildman–Crippen MR) is 51.7 cm³/mol. The Kier molecular flexibility index (Phi) is 6.82. The van der Waals surface area contributed by atoms with Gasteiger partial charge >= 0.3 is 0 Å². The topological polar surface area (TPSA) is 145 Å². The molecule has 0 aromatic heterocycles. The first kappa shape index (κ1) is 15.3. The second-order valence-electron chi connectivity index (χ2n) is 3.48. The Morgan fingerprint density at radius 3 is 1.82 bits per heavy atom. The smallest absolute Gasteiger partial charge is 0.294 e. The number of rotatable bonds is 10. The van der Waals surface area contributed by atoms with Crippen LogP contribution in [0.5, 0.6) is 0 Å². The maximum atomic E-state index is 10.1. The lowest BCUT2D eigenvalue weighted by atomic mass is 9.86. The van der Waals surface area contributed by atoms with Crippen LogP contribution >= 0.6 is 0 Å². The third-order valence-corrected chi connectivity index (χ3v) is 2.15. The first-order valence-electron chi connectivity index (χ1n) is 4.72. The van der Waals surface area contributed by atoms with Crippen LogP contribution in [0.4, 0.5) is 0 Å². The quantitative estimate of drug-likeness (QED) is 0.379. The lowest BCUT2D eigenvalue weighted by Crippen LogP contribution is -2.38. The van der Waals surface area contributed by atoms with E-state index in [9.17, 15) is 20.2 Å². The van der Waals surface area contributed by atoms with Gasteiger partial charge in [-0.2, -0.15) is 0 Å². The Balaban J connectivity index is 4.48. The number of hydrogen-bond acceptors (Lipinski definition) is 8. The van der Waals surface area contributed by atoms with Crippen LogP contribution in [0.1, 0.15) is 12.8 Å². The Labute approximate surface area is 96.0 Å². The molecule has 0 heterocycles. The van der Waals surface area contributed by atoms with Crippen molar-refractivity contribution < 1.29 is 30.1 Å². The maximum Gasteiger partial charge on any atom is 0.294 e. The molecule has 0 atom stereocenters. The Morgan fingerprint density at radius 1 is 1.06 bits per heavy atom. The molecule has 0 bridgehead atoms. The molecule has 17 heavy (non-hydrogen) atoms. The molecule has 10 nitrogen and oxygen atoms in total. The van der Waals surface area contributed by atoms with Gasteiger partial charge in [0.05, 0.1) is 6.61 Å². The average Bonchev–Trinajstić information content (AvgIpc) is 2.28. The van der Waals surface area contributed by atoms with E-state index in [1.807, 2.05) is 0 Å². The van der Waals surface area contributed by atoms with E-state index in [4.69, 9.17) is 10.2 Å². The molecule has 0 fully saturated rings. The third kappa shape index (κ3) is 6.48. The highest BCUT2D eigenvalue weighted by atomic mass is 17.0. The summed E-state index contributed by atoms with van der Waals surface area (Å²) in [5.74, 6) is 0. The van der Waals surface area contributed by atoms with E-state index in [1.165, 1.54) is 0 Å². The lowest BCUT2D eigenvalue weighted by Gasteiger charge is -2.29. The zero-order chi connectivity index (χ0) is 13.3. The van der Waals surface area contributed by atoms with Crippen LogP contribution in [0.2, 0.25) is 0 Å². The Hall–Kier alpha value is -1.68. The third-order valence-electron chi connectivity index (χ3n) is 2.15. The number of nitrogens with zero attached hydrogens (tertiary/aromatic N) is 2. The average molecular weight is 254 g/mol. The molecule has 0 aliphatic heterocycles. The van der Waals surface area contributed by atoms with E-state index >= 15 is 0 Å². The monoisotopic (exact) mass is 254 g/mol. The van der Waals surface area contributed by atoms with Gasteiger partial charge in [-0.25, -0.2) is 0 Å². The van der Waals surface area contributed by atoms with Crippen LogP contribution in [-0.4, -0.2) is 46.8 Å². The van der Waals surface area contributed by atoms with Gasteiger partial charge in [0, 0.05) is 12.0 Å². The van der Waals surface area contributed by atoms with Crippen molar-refractivity contribution in [3.05, 3.63) is 20.2 Å². The van der Waals surface area contributed by atoms with Crippen molar-refractivity contribution >= 4 is 0 Å². The summed E-state index contributed by atoms with van der Waals surface area (Å²) >= 11 is 0. The SMILES string of the molecule is O=[N+]([O-])OCC(CO)(CCCO)CO[N+](=O)[O-]. The summed E-state index contributed by atoms with van der Waals surface area (Å²) in [6.07, 6.45) is 0.310. The molecule has 0 aliphatic rings. The standard InChI is InChI=1S/C7H14N2O8/c10-3-1-2-7(4-11,5-16-8(12)13)6-17-9(14)15/h10-11H,1-6H2. The largest absolute Gasteiger partial charge is 0.396 e. The van der Waals surface area contributed by atoms with Gasteiger partial charge in [-0.1, -0.05) is 0 Å². The molecule has 0 saturated heterocycles. The molecule has 0 unspecified atom stereocenters. The molecule has 0 aromatic carbocycles. The van der Waals surface area contributed by atoms with Crippen LogP contribution in [-0.2, 0) is 9.68 Å². The zero-order valence-electron chi connectivity index (χ0n) is 8.98. The predicted octanol–water partition coefficient (Wildman–Crippen LogP) is -0.846. The number of aliphatic hydroxyl groups excluding tert-OH is 2. The van der Waals surface area contributed by atoms with Crippen molar-refractivity contribution in [2.75, 3.05) is 26.4 Å². The summed E-state index contributed by atoms with van der Waals surface area (Å²) in [7, 11) is 0. The molecule has 0 saturated carbocycles. The lowest BCUT2D eigenvalue weighted by molar-refractivity contribution is -0.772. The van der Waals surface area contributed by atoms with Crippen molar-refractivity contribution in [2.24, 2.45) is 5.41 Å². The first-order chi connectivity index (χ1) is 7.95. The van der Waals surface area contributed by atoms with E-state index in [1.54, 1.807) is 0 Å². The highest BCUT2D eigenvalue weighted by molar-refractivity contribution is 4.77. The summed E-state index contributed by atoms with van der Waals surface area (Å²) < 4.78 is 0. The summed E-state index contributed by atoms with van der Waals surface area (Å²) in [6.45, 7) is -1.87. The van der Waals surface area contributed by atoms with Gasteiger partial charge in [-0.15, -0.1) is 20.2 Å². The Morgan fingerprint density at radius 2 is 1.53 bits per heavy atom. The van der Waals surface area contributed by atoms with E-state index < -0.39 is 35.4 Å². The van der Waals surface area contributed by atoms with Crippen LogP contribution in [0.15, 0.2) is 0 Å². The molecule has 0 aromatic rings. The fourth-order valence-corrected chi connectivity index (χ4v) is 1.19. The summed E-state index contributed by atoms with van der Waals surface area (Å²) in [6, 6.07) is 0. The van der Waals surface area contributed by atoms with Gasteiger partial charge in [-0.05, 0) is 12.8 Å². The van der Waals surface area contributed by atoms with Crippen molar-refractivity contribution in [3.8, 4) is 0 Å². The second-order valence-corrected chi connectivity index (χ2v) is 3.48. The minimum Gasteiger partial charge on any atom is -0.396 e. The molecule has 0 spiro atoms. The molecular formula is C7H14N2O8. The van der Waals surface area contributed by atoms with Gasteiger partial charge in [0.25, 0.3) is 10.2 Å². The van der Waals surface area contributed by atoms with E-state index in [0.29, 0.717) is 0 Å². The van der Waals surface area contributed by atoms with Crippen LogP contribution in [0.3, 0.4) is 0 Å². The fraction of sp³-hybridized carbons (Fsp3) is 1.00. The molecule has 10 heteroatoms. The maximum absolute atomic E-state index is 10.1. The molecule has 2 N–H and O–H groups in total. The normalized spacial score (nSPS) is 10.9. The van der Waals surface area contributed by atoms with Crippen LogP contribution in [0.25, 0.3) is 0 Å². The van der Waals surface area contributed by atoms with Gasteiger partial charge in [-0.3, -0.25) is 0 Å². The molecule has 0 amide bonds. The van der Waals surface area contributed by atoms with Gasteiger partial charge in [0.15, 0.2) is 0 Å². The molecular weight excluding hydrogens is 240 g/mol. The van der Waals surface area contributed by atoms with Crippen LogP contribution < -0.4 is 0 Å². The van der Waals surface area contributed by atoms with Gasteiger partial charge in [0.1, 0.15) is 13.2 Å². The summed E-state index contributed by atoms with van der Waals surface area (Å²) in [5.41, 5.74) is -1.27. The highest BCUT2D eigenvalue weighted by Crippen LogP contribution is 2.24. The highest BCUT2D eigenvalue weighted by Gasteiger charge is 2.32. The fourth-order valence-electron chi connectivity index (χ4n) is 1.19. The van der Waals surface area contributed by atoms with Crippen molar-refractivity contribution in [3.63, 3.8) is 0 Å².